The number of benzene rings is 2. The fraction of sp³-hybridized carbons (Fsp3) is 0.433. The summed E-state index contributed by atoms with van der Waals surface area (Å²) in [5.74, 6) is 4.49. The van der Waals surface area contributed by atoms with Gasteiger partial charge in [0.15, 0.2) is 0 Å². The minimum Gasteiger partial charge on any atom is -0.356 e. The second kappa shape index (κ2) is 12.5. The van der Waals surface area contributed by atoms with Crippen LogP contribution in [-0.2, 0) is 15.9 Å². The molecule has 0 aromatic heterocycles. The van der Waals surface area contributed by atoms with Gasteiger partial charge in [0, 0.05) is 28.1 Å². The molecule has 0 fully saturated rings. The van der Waals surface area contributed by atoms with E-state index >= 15 is 0 Å². The van der Waals surface area contributed by atoms with Gasteiger partial charge < -0.3 is 11.1 Å². The maximum absolute atomic E-state index is 14.7. The summed E-state index contributed by atoms with van der Waals surface area (Å²) >= 11 is 0. The number of nitrogens with one attached hydrogen (secondary N) is 1. The molecule has 3 rings (SSSR count). The van der Waals surface area contributed by atoms with Crippen molar-refractivity contribution in [1.82, 2.24) is 0 Å². The van der Waals surface area contributed by atoms with Crippen molar-refractivity contribution >= 4 is 26.7 Å². The van der Waals surface area contributed by atoms with Gasteiger partial charge in [-0.1, -0.05) is 57.9 Å². The molecule has 1 heterocycles. The van der Waals surface area contributed by atoms with E-state index in [4.69, 9.17) is 5.73 Å². The number of alkyl halides is 1. The number of hydrogen-bond acceptors (Lipinski definition) is 3. The SMILES string of the molecule is C=C1C=C(C(C)(C)F)c2cc(Cc3ccc(S(=C)(C)=O)cc3)ccc2N1.CCCCC(CC)CN. The highest BCUT2D eigenvalue weighted by molar-refractivity contribution is 7.99. The molecule has 35 heavy (non-hydrogen) atoms. The Balaban J connectivity index is 0.000000410. The van der Waals surface area contributed by atoms with Gasteiger partial charge in [0.2, 0.25) is 0 Å². The normalized spacial score (nSPS) is 15.6. The lowest BCUT2D eigenvalue weighted by molar-refractivity contribution is 0.300. The summed E-state index contributed by atoms with van der Waals surface area (Å²) in [7, 11) is -2.20. The van der Waals surface area contributed by atoms with Gasteiger partial charge in [0.25, 0.3) is 0 Å². The minimum absolute atomic E-state index is 0.635. The fourth-order valence-corrected chi connectivity index (χ4v) is 4.81. The molecule has 0 saturated carbocycles. The standard InChI is InChI=1S/C22H24FNOS.C8H19N/c1-15-12-20(22(2,3)23)19-14-17(8-11-21(19)24-15)13-16-6-9-18(10-7-16)26(4,5)25;1-3-5-6-8(4-2)7-9/h6-12,14,24H,1,4,13H2,2-3,5H3;8H,3-7,9H2,1-2H3. The number of rotatable bonds is 9. The molecule has 0 bridgehead atoms. The van der Waals surface area contributed by atoms with Crippen LogP contribution in [0.1, 0.15) is 70.1 Å². The van der Waals surface area contributed by atoms with Gasteiger partial charge in [-0.2, -0.15) is 0 Å². The summed E-state index contributed by atoms with van der Waals surface area (Å²) in [5, 5.41) is 3.20. The number of nitrogens with two attached hydrogens (primary N) is 1. The number of anilines is 1. The second-order valence-electron chi connectivity index (χ2n) is 10.0. The average Bonchev–Trinajstić information content (AvgIpc) is 2.79. The first-order chi connectivity index (χ1) is 16.4. The van der Waals surface area contributed by atoms with Crippen molar-refractivity contribution in [3.05, 3.63) is 77.5 Å². The first kappa shape index (κ1) is 28.9. The summed E-state index contributed by atoms with van der Waals surface area (Å²) in [4.78, 5) is 0.749. The first-order valence-electron chi connectivity index (χ1n) is 12.5. The van der Waals surface area contributed by atoms with E-state index in [1.807, 2.05) is 42.5 Å². The molecule has 0 saturated heterocycles. The van der Waals surface area contributed by atoms with Crippen molar-refractivity contribution in [3.8, 4) is 0 Å². The van der Waals surface area contributed by atoms with Crippen LogP contribution in [0.3, 0.4) is 0 Å². The van der Waals surface area contributed by atoms with Gasteiger partial charge in [-0.25, -0.2) is 4.39 Å². The van der Waals surface area contributed by atoms with E-state index in [2.05, 4.69) is 31.6 Å². The van der Waals surface area contributed by atoms with E-state index < -0.39 is 15.2 Å². The van der Waals surface area contributed by atoms with Crippen LogP contribution in [0.25, 0.3) is 5.57 Å². The van der Waals surface area contributed by atoms with Crippen molar-refractivity contribution in [2.24, 2.45) is 11.7 Å². The topological polar surface area (TPSA) is 55.1 Å². The van der Waals surface area contributed by atoms with E-state index in [0.29, 0.717) is 11.3 Å². The van der Waals surface area contributed by atoms with E-state index in [1.54, 1.807) is 26.2 Å². The molecule has 0 amide bonds. The first-order valence-corrected chi connectivity index (χ1v) is 14.6. The third-order valence-electron chi connectivity index (χ3n) is 6.34. The van der Waals surface area contributed by atoms with Crippen LogP contribution in [0, 0.1) is 5.92 Å². The number of allylic oxidation sites excluding steroid dienone is 2. The third kappa shape index (κ3) is 8.66. The van der Waals surface area contributed by atoms with Crippen LogP contribution >= 0.6 is 0 Å². The highest BCUT2D eigenvalue weighted by Gasteiger charge is 2.28. The van der Waals surface area contributed by atoms with Gasteiger partial charge in [-0.3, -0.25) is 4.21 Å². The third-order valence-corrected chi connectivity index (χ3v) is 7.60. The molecular weight excluding hydrogens is 455 g/mol. The van der Waals surface area contributed by atoms with Crippen LogP contribution < -0.4 is 11.1 Å². The summed E-state index contributed by atoms with van der Waals surface area (Å²) < 4.78 is 26.7. The van der Waals surface area contributed by atoms with Crippen molar-refractivity contribution in [2.75, 3.05) is 18.1 Å². The monoisotopic (exact) mass is 498 g/mol. The highest BCUT2D eigenvalue weighted by Crippen LogP contribution is 2.39. The zero-order valence-electron chi connectivity index (χ0n) is 22.1. The van der Waals surface area contributed by atoms with Crippen LogP contribution in [-0.4, -0.2) is 28.5 Å². The van der Waals surface area contributed by atoms with Gasteiger partial charge in [-0.15, -0.1) is 0 Å². The summed E-state index contributed by atoms with van der Waals surface area (Å²) in [6.45, 7) is 12.4. The molecule has 3 N–H and O–H groups in total. The van der Waals surface area contributed by atoms with Gasteiger partial charge in [-0.05, 0) is 102 Å². The van der Waals surface area contributed by atoms with Crippen molar-refractivity contribution in [1.29, 1.82) is 0 Å². The molecule has 2 aromatic rings. The number of unbranched alkanes of at least 4 members (excludes halogenated alkanes) is 1. The lowest BCUT2D eigenvalue weighted by Gasteiger charge is -2.27. The Kier molecular flexibility index (Phi) is 10.3. The lowest BCUT2D eigenvalue weighted by atomic mass is 9.87. The fourth-order valence-electron chi connectivity index (χ4n) is 4.10. The van der Waals surface area contributed by atoms with E-state index in [0.717, 1.165) is 46.2 Å². The van der Waals surface area contributed by atoms with Gasteiger partial charge in [0.05, 0.1) is 0 Å². The Morgan fingerprint density at radius 3 is 2.26 bits per heavy atom. The number of fused-ring (bicyclic) bond motifs is 1. The Morgan fingerprint density at radius 1 is 1.11 bits per heavy atom. The lowest BCUT2D eigenvalue weighted by Crippen LogP contribution is -2.19. The molecule has 2 atom stereocenters. The highest BCUT2D eigenvalue weighted by atomic mass is 32.2. The van der Waals surface area contributed by atoms with Crippen LogP contribution in [0.15, 0.2) is 65.7 Å². The van der Waals surface area contributed by atoms with Crippen molar-refractivity contribution in [3.63, 3.8) is 0 Å². The Hall–Kier alpha value is -2.37. The summed E-state index contributed by atoms with van der Waals surface area (Å²) in [6.07, 6.45) is 9.34. The van der Waals surface area contributed by atoms with Gasteiger partial charge in [0.1, 0.15) is 5.67 Å². The molecular formula is C30H43FN2OS. The van der Waals surface area contributed by atoms with Gasteiger partial charge >= 0.3 is 0 Å². The summed E-state index contributed by atoms with van der Waals surface area (Å²) in [5.41, 5.74) is 9.34. The summed E-state index contributed by atoms with van der Waals surface area (Å²) in [6, 6.07) is 13.7. The zero-order chi connectivity index (χ0) is 26.2. The molecule has 0 radical (unpaired) electrons. The maximum Gasteiger partial charge on any atom is 0.131 e. The largest absolute Gasteiger partial charge is 0.356 e. The van der Waals surface area contributed by atoms with Crippen LogP contribution in [0.5, 0.6) is 0 Å². The number of halogens is 1. The molecule has 0 spiro atoms. The smallest absolute Gasteiger partial charge is 0.131 e. The Bertz CT molecular complexity index is 1120. The molecule has 0 aliphatic carbocycles. The van der Waals surface area contributed by atoms with Crippen molar-refractivity contribution in [2.45, 2.75) is 70.4 Å². The van der Waals surface area contributed by atoms with E-state index in [9.17, 15) is 8.60 Å². The molecule has 1 aliphatic heterocycles. The van der Waals surface area contributed by atoms with Crippen LogP contribution in [0.4, 0.5) is 10.1 Å². The second-order valence-corrected chi connectivity index (χ2v) is 12.5. The minimum atomic E-state index is -2.20. The Labute approximate surface area is 212 Å². The number of hydrogen-bond donors (Lipinski definition) is 2. The molecule has 2 unspecified atom stereocenters. The maximum atomic E-state index is 14.7. The van der Waals surface area contributed by atoms with Crippen LogP contribution in [0.2, 0.25) is 0 Å². The molecule has 3 nitrogen and oxygen atoms in total. The Morgan fingerprint density at radius 2 is 1.74 bits per heavy atom. The predicted molar refractivity (Wildman–Crippen MR) is 153 cm³/mol. The predicted octanol–water partition coefficient (Wildman–Crippen LogP) is 7.21. The molecule has 5 heteroatoms. The quantitative estimate of drug-likeness (QED) is 0.359. The average molecular weight is 499 g/mol. The zero-order valence-corrected chi connectivity index (χ0v) is 22.9. The molecule has 2 aromatic carbocycles. The molecule has 1 aliphatic rings. The van der Waals surface area contributed by atoms with E-state index in [1.165, 1.54) is 25.7 Å². The molecule has 192 valence electrons. The van der Waals surface area contributed by atoms with E-state index in [-0.39, 0.29) is 0 Å². The van der Waals surface area contributed by atoms with Crippen molar-refractivity contribution < 1.29 is 8.60 Å².